The van der Waals surface area contributed by atoms with Gasteiger partial charge in [0.15, 0.2) is 5.78 Å². The number of hydrogen-bond donors (Lipinski definition) is 3. The lowest BCUT2D eigenvalue weighted by molar-refractivity contribution is -0.118. The minimum atomic E-state index is -0.272. The molecule has 6 heteroatoms. The molecule has 1 aromatic heterocycles. The lowest BCUT2D eigenvalue weighted by Gasteiger charge is -2.33. The number of rotatable bonds is 1. The summed E-state index contributed by atoms with van der Waals surface area (Å²) >= 11 is 7.66. The Hall–Kier alpha value is -1.98. The standard InChI is InChI=1S/C19H19ClN2O2S/c1-19(2)7-12-16(14(24)8-19)18(15-6-10(20)9-25-15)21-11-4-3-5-13(23)17(11)22-12/h3-6,9,18,21-23H,7-8H2,1-2H3. The number of carbonyl (C=O) groups is 1. The maximum atomic E-state index is 13.0. The van der Waals surface area contributed by atoms with Gasteiger partial charge in [-0.25, -0.2) is 0 Å². The summed E-state index contributed by atoms with van der Waals surface area (Å²) in [7, 11) is 0. The predicted molar refractivity (Wildman–Crippen MR) is 102 cm³/mol. The maximum Gasteiger partial charge on any atom is 0.163 e. The van der Waals surface area contributed by atoms with E-state index in [2.05, 4.69) is 24.5 Å². The molecule has 130 valence electrons. The van der Waals surface area contributed by atoms with Crippen molar-refractivity contribution in [2.75, 3.05) is 10.6 Å². The van der Waals surface area contributed by atoms with Gasteiger partial charge in [0, 0.05) is 27.9 Å². The number of benzene rings is 1. The van der Waals surface area contributed by atoms with E-state index in [1.165, 1.54) is 11.3 Å². The summed E-state index contributed by atoms with van der Waals surface area (Å²) in [6.07, 6.45) is 1.26. The average molecular weight is 375 g/mol. The van der Waals surface area contributed by atoms with E-state index >= 15 is 0 Å². The Bertz CT molecular complexity index is 901. The number of phenols is 1. The number of carbonyl (C=O) groups excluding carboxylic acids is 1. The smallest absolute Gasteiger partial charge is 0.163 e. The van der Waals surface area contributed by atoms with E-state index in [1.807, 2.05) is 17.5 Å². The van der Waals surface area contributed by atoms with Crippen LogP contribution in [0.4, 0.5) is 11.4 Å². The number of nitrogens with one attached hydrogen (secondary N) is 2. The number of fused-ring (bicyclic) bond motifs is 1. The van der Waals surface area contributed by atoms with E-state index in [4.69, 9.17) is 11.6 Å². The van der Waals surface area contributed by atoms with Crippen molar-refractivity contribution in [1.29, 1.82) is 0 Å². The number of allylic oxidation sites excluding steroid dienone is 1. The Morgan fingerprint density at radius 1 is 1.32 bits per heavy atom. The fourth-order valence-electron chi connectivity index (χ4n) is 3.64. The van der Waals surface area contributed by atoms with Crippen LogP contribution in [0.15, 0.2) is 40.9 Å². The summed E-state index contributed by atoms with van der Waals surface area (Å²) in [5.74, 6) is 0.297. The number of aromatic hydroxyl groups is 1. The van der Waals surface area contributed by atoms with Gasteiger partial charge in [-0.1, -0.05) is 31.5 Å². The van der Waals surface area contributed by atoms with Crippen LogP contribution in [0.3, 0.4) is 0 Å². The predicted octanol–water partition coefficient (Wildman–Crippen LogP) is 5.33. The molecule has 0 fully saturated rings. The molecule has 2 aliphatic rings. The van der Waals surface area contributed by atoms with Crippen molar-refractivity contribution in [3.8, 4) is 5.75 Å². The number of ketones is 1. The third-order valence-electron chi connectivity index (χ3n) is 4.70. The largest absolute Gasteiger partial charge is 0.506 e. The quantitative estimate of drug-likeness (QED) is 0.590. The van der Waals surface area contributed by atoms with Crippen molar-refractivity contribution in [3.63, 3.8) is 0 Å². The summed E-state index contributed by atoms with van der Waals surface area (Å²) in [4.78, 5) is 14.0. The summed E-state index contributed by atoms with van der Waals surface area (Å²) in [5.41, 5.74) is 2.90. The Labute approximate surface area is 155 Å². The molecular weight excluding hydrogens is 356 g/mol. The van der Waals surface area contributed by atoms with Gasteiger partial charge in [0.2, 0.25) is 0 Å². The summed E-state index contributed by atoms with van der Waals surface area (Å²) < 4.78 is 0. The summed E-state index contributed by atoms with van der Waals surface area (Å²) in [5, 5.41) is 19.6. The molecule has 3 N–H and O–H groups in total. The molecule has 4 nitrogen and oxygen atoms in total. The second-order valence-corrected chi connectivity index (χ2v) is 8.78. The van der Waals surface area contributed by atoms with Crippen LogP contribution in [0, 0.1) is 5.41 Å². The Balaban J connectivity index is 1.91. The van der Waals surface area contributed by atoms with Crippen LogP contribution in [-0.2, 0) is 4.79 Å². The Morgan fingerprint density at radius 3 is 2.84 bits per heavy atom. The van der Waals surface area contributed by atoms with Gasteiger partial charge in [0.1, 0.15) is 11.4 Å². The van der Waals surface area contributed by atoms with Crippen LogP contribution in [-0.4, -0.2) is 10.9 Å². The molecule has 1 aromatic carbocycles. The maximum absolute atomic E-state index is 13.0. The number of para-hydroxylation sites is 1. The van der Waals surface area contributed by atoms with E-state index in [9.17, 15) is 9.90 Å². The minimum absolute atomic E-state index is 0.116. The highest BCUT2D eigenvalue weighted by Crippen LogP contribution is 2.48. The van der Waals surface area contributed by atoms with Gasteiger partial charge in [-0.05, 0) is 30.0 Å². The zero-order chi connectivity index (χ0) is 17.8. The highest BCUT2D eigenvalue weighted by Gasteiger charge is 2.39. The zero-order valence-corrected chi connectivity index (χ0v) is 15.6. The van der Waals surface area contributed by atoms with Gasteiger partial charge >= 0.3 is 0 Å². The van der Waals surface area contributed by atoms with Crippen molar-refractivity contribution in [2.45, 2.75) is 32.7 Å². The molecule has 1 atom stereocenters. The molecular formula is C19H19ClN2O2S. The van der Waals surface area contributed by atoms with Gasteiger partial charge in [-0.3, -0.25) is 4.79 Å². The number of anilines is 2. The normalized spacial score (nSPS) is 21.7. The van der Waals surface area contributed by atoms with Crippen LogP contribution in [0.1, 0.15) is 37.6 Å². The molecule has 0 saturated carbocycles. The van der Waals surface area contributed by atoms with Gasteiger partial charge in [-0.15, -0.1) is 11.3 Å². The third-order valence-corrected chi connectivity index (χ3v) is 6.04. The topological polar surface area (TPSA) is 61.4 Å². The SMILES string of the molecule is CC1(C)CC(=O)C2=C(C1)Nc1c(O)cccc1NC2c1cc(Cl)cs1. The molecule has 1 aliphatic carbocycles. The van der Waals surface area contributed by atoms with Crippen LogP contribution in [0.2, 0.25) is 5.02 Å². The van der Waals surface area contributed by atoms with E-state index in [0.717, 1.165) is 28.3 Å². The molecule has 0 spiro atoms. The highest BCUT2D eigenvalue weighted by atomic mass is 35.5. The number of hydrogen-bond acceptors (Lipinski definition) is 5. The van der Waals surface area contributed by atoms with Gasteiger partial charge in [0.25, 0.3) is 0 Å². The van der Waals surface area contributed by atoms with E-state index in [1.54, 1.807) is 12.1 Å². The number of Topliss-reactive ketones (excluding diaryl/α,β-unsaturated/α-hetero) is 1. The first-order chi connectivity index (χ1) is 11.8. The molecule has 0 bridgehead atoms. The molecule has 1 aliphatic heterocycles. The van der Waals surface area contributed by atoms with Crippen LogP contribution in [0.25, 0.3) is 0 Å². The van der Waals surface area contributed by atoms with E-state index in [0.29, 0.717) is 17.1 Å². The van der Waals surface area contributed by atoms with E-state index in [-0.39, 0.29) is 23.0 Å². The fraction of sp³-hybridized carbons (Fsp3) is 0.316. The van der Waals surface area contributed by atoms with Gasteiger partial charge in [-0.2, -0.15) is 0 Å². The lowest BCUT2D eigenvalue weighted by atomic mass is 9.74. The van der Waals surface area contributed by atoms with Crippen molar-refractivity contribution in [3.05, 3.63) is 50.8 Å². The van der Waals surface area contributed by atoms with Gasteiger partial charge in [0.05, 0.1) is 16.8 Å². The molecule has 2 aromatic rings. The molecule has 0 amide bonds. The minimum Gasteiger partial charge on any atom is -0.506 e. The van der Waals surface area contributed by atoms with Crippen molar-refractivity contribution < 1.29 is 9.90 Å². The fourth-order valence-corrected chi connectivity index (χ4v) is 4.79. The zero-order valence-electron chi connectivity index (χ0n) is 14.0. The molecule has 0 radical (unpaired) electrons. The third kappa shape index (κ3) is 2.92. The summed E-state index contributed by atoms with van der Waals surface area (Å²) in [6.45, 7) is 4.19. The Kier molecular flexibility index (Phi) is 3.81. The average Bonchev–Trinajstić information content (AvgIpc) is 2.86. The van der Waals surface area contributed by atoms with Gasteiger partial charge < -0.3 is 15.7 Å². The number of thiophene rings is 1. The first-order valence-corrected chi connectivity index (χ1v) is 9.45. The Morgan fingerprint density at radius 2 is 2.12 bits per heavy atom. The molecule has 2 heterocycles. The van der Waals surface area contributed by atoms with Crippen LogP contribution < -0.4 is 10.6 Å². The second kappa shape index (κ2) is 5.78. The lowest BCUT2D eigenvalue weighted by Crippen LogP contribution is -2.31. The monoisotopic (exact) mass is 374 g/mol. The molecule has 0 saturated heterocycles. The summed E-state index contributed by atoms with van der Waals surface area (Å²) in [6, 6.07) is 6.96. The van der Waals surface area contributed by atoms with Crippen molar-refractivity contribution in [1.82, 2.24) is 0 Å². The molecule has 4 rings (SSSR count). The van der Waals surface area contributed by atoms with E-state index < -0.39 is 0 Å². The first-order valence-electron chi connectivity index (χ1n) is 8.20. The molecule has 25 heavy (non-hydrogen) atoms. The van der Waals surface area contributed by atoms with Crippen molar-refractivity contribution >= 4 is 40.1 Å². The highest BCUT2D eigenvalue weighted by molar-refractivity contribution is 7.10. The van der Waals surface area contributed by atoms with Crippen LogP contribution in [0.5, 0.6) is 5.75 Å². The van der Waals surface area contributed by atoms with Crippen LogP contribution >= 0.6 is 22.9 Å². The molecule has 1 unspecified atom stereocenters. The first kappa shape index (κ1) is 16.5. The number of phenolic OH excluding ortho intramolecular Hbond substituents is 1. The number of halogens is 1. The van der Waals surface area contributed by atoms with Crippen molar-refractivity contribution in [2.24, 2.45) is 5.41 Å². The second-order valence-electron chi connectivity index (χ2n) is 7.40.